The summed E-state index contributed by atoms with van der Waals surface area (Å²) in [6.07, 6.45) is -0.167. The van der Waals surface area contributed by atoms with Gasteiger partial charge in [0.2, 0.25) is 5.82 Å². The summed E-state index contributed by atoms with van der Waals surface area (Å²) in [6, 6.07) is -1.08. The van der Waals surface area contributed by atoms with E-state index in [9.17, 15) is 29.8 Å². The highest BCUT2D eigenvalue weighted by Gasteiger charge is 2.27. The van der Waals surface area contributed by atoms with Gasteiger partial charge >= 0.3 is 17.6 Å². The lowest BCUT2D eigenvalue weighted by Gasteiger charge is -2.12. The average molecular weight is 300 g/mol. The minimum Gasteiger partial charge on any atom is -0.481 e. The standard InChI is InChI=1S/C9H8N4O8/c14-7(15)2-5(9(16)17)11-8-6(13(20)21)1-4(3-10-8)12(18)19/h1,3,5H,2H2,(H,10,11)(H,14,15)(H,16,17). The summed E-state index contributed by atoms with van der Waals surface area (Å²) in [5.41, 5.74) is -1.49. The molecule has 1 aromatic heterocycles. The van der Waals surface area contributed by atoms with Gasteiger partial charge in [-0.2, -0.15) is 0 Å². The molecule has 1 atom stereocenters. The van der Waals surface area contributed by atoms with E-state index in [2.05, 4.69) is 10.3 Å². The first-order valence-electron chi connectivity index (χ1n) is 5.22. The van der Waals surface area contributed by atoms with Crippen LogP contribution in [0.25, 0.3) is 0 Å². The molecule has 21 heavy (non-hydrogen) atoms. The van der Waals surface area contributed by atoms with Crippen molar-refractivity contribution in [3.8, 4) is 0 Å². The molecule has 0 radical (unpaired) electrons. The molecule has 0 aliphatic heterocycles. The second-order valence-corrected chi connectivity index (χ2v) is 3.71. The molecule has 112 valence electrons. The van der Waals surface area contributed by atoms with Gasteiger partial charge in [-0.15, -0.1) is 0 Å². The Kier molecular flexibility index (Phi) is 4.67. The van der Waals surface area contributed by atoms with E-state index in [4.69, 9.17) is 10.2 Å². The van der Waals surface area contributed by atoms with E-state index in [1.165, 1.54) is 0 Å². The Bertz CT molecular complexity index is 616. The highest BCUT2D eigenvalue weighted by atomic mass is 16.6. The van der Waals surface area contributed by atoms with Crippen LogP contribution < -0.4 is 5.32 Å². The van der Waals surface area contributed by atoms with E-state index in [0.29, 0.717) is 12.3 Å². The lowest BCUT2D eigenvalue weighted by Crippen LogP contribution is -2.32. The van der Waals surface area contributed by atoms with Gasteiger partial charge in [0, 0.05) is 0 Å². The second kappa shape index (κ2) is 6.23. The summed E-state index contributed by atoms with van der Waals surface area (Å²) in [5.74, 6) is -3.58. The molecule has 0 aliphatic carbocycles. The zero-order valence-electron chi connectivity index (χ0n) is 10.1. The van der Waals surface area contributed by atoms with Crippen LogP contribution in [0.4, 0.5) is 17.2 Å². The fourth-order valence-electron chi connectivity index (χ4n) is 1.33. The predicted octanol–water partition coefficient (Wildman–Crippen LogP) is 0.238. The van der Waals surface area contributed by atoms with E-state index in [1.54, 1.807) is 0 Å². The molecule has 0 aliphatic rings. The first-order valence-corrected chi connectivity index (χ1v) is 5.22. The number of rotatable bonds is 7. The highest BCUT2D eigenvalue weighted by molar-refractivity contribution is 5.83. The third-order valence-electron chi connectivity index (χ3n) is 2.25. The van der Waals surface area contributed by atoms with Crippen LogP contribution in [-0.2, 0) is 9.59 Å². The number of carbonyl (C=O) groups is 2. The van der Waals surface area contributed by atoms with Gasteiger partial charge in [0.05, 0.1) is 22.3 Å². The lowest BCUT2D eigenvalue weighted by atomic mass is 10.2. The van der Waals surface area contributed by atoms with E-state index < -0.39 is 51.4 Å². The number of anilines is 1. The van der Waals surface area contributed by atoms with Gasteiger partial charge in [0.1, 0.15) is 12.2 Å². The normalized spacial score (nSPS) is 11.4. The van der Waals surface area contributed by atoms with Crippen LogP contribution in [0.3, 0.4) is 0 Å². The van der Waals surface area contributed by atoms with Crippen molar-refractivity contribution < 1.29 is 29.6 Å². The zero-order chi connectivity index (χ0) is 16.2. The minimum atomic E-state index is -1.67. The number of carboxylic acids is 2. The van der Waals surface area contributed by atoms with Gasteiger partial charge in [-0.1, -0.05) is 0 Å². The van der Waals surface area contributed by atoms with Crippen LogP contribution >= 0.6 is 0 Å². The van der Waals surface area contributed by atoms with Gasteiger partial charge in [0.15, 0.2) is 0 Å². The van der Waals surface area contributed by atoms with Crippen molar-refractivity contribution >= 4 is 29.1 Å². The first kappa shape index (κ1) is 15.7. The SMILES string of the molecule is O=C(O)CC(Nc1ncc([N+](=O)[O-])cc1[N+](=O)[O-])C(=O)O. The summed E-state index contributed by atoms with van der Waals surface area (Å²) in [4.78, 5) is 44.2. The van der Waals surface area contributed by atoms with Crippen molar-refractivity contribution in [2.75, 3.05) is 5.32 Å². The van der Waals surface area contributed by atoms with Crippen molar-refractivity contribution in [2.24, 2.45) is 0 Å². The maximum Gasteiger partial charge on any atom is 0.326 e. The number of aromatic nitrogens is 1. The van der Waals surface area contributed by atoms with Crippen LogP contribution in [0.15, 0.2) is 12.3 Å². The van der Waals surface area contributed by atoms with Crippen LogP contribution in [-0.4, -0.2) is 43.0 Å². The minimum absolute atomic E-state index is 0.570. The van der Waals surface area contributed by atoms with Gasteiger partial charge < -0.3 is 15.5 Å². The van der Waals surface area contributed by atoms with E-state index in [-0.39, 0.29) is 0 Å². The quantitative estimate of drug-likeness (QED) is 0.464. The molecular formula is C9H8N4O8. The Morgan fingerprint density at radius 3 is 2.33 bits per heavy atom. The number of hydrogen-bond donors (Lipinski definition) is 3. The zero-order valence-corrected chi connectivity index (χ0v) is 10.1. The molecule has 0 saturated carbocycles. The molecule has 0 spiro atoms. The fraction of sp³-hybridized carbons (Fsp3) is 0.222. The molecule has 1 aromatic rings. The number of hydrogen-bond acceptors (Lipinski definition) is 8. The molecule has 0 bridgehead atoms. The summed E-state index contributed by atoms with van der Waals surface area (Å²) >= 11 is 0. The molecule has 0 fully saturated rings. The molecular weight excluding hydrogens is 292 g/mol. The van der Waals surface area contributed by atoms with Crippen LogP contribution in [0.5, 0.6) is 0 Å². The smallest absolute Gasteiger partial charge is 0.326 e. The maximum absolute atomic E-state index is 10.9. The monoisotopic (exact) mass is 300 g/mol. The van der Waals surface area contributed by atoms with Crippen molar-refractivity contribution in [3.63, 3.8) is 0 Å². The van der Waals surface area contributed by atoms with Gasteiger partial charge in [-0.25, -0.2) is 9.78 Å². The van der Waals surface area contributed by atoms with E-state index in [0.717, 1.165) is 0 Å². The number of nitrogens with zero attached hydrogens (tertiary/aromatic N) is 3. The van der Waals surface area contributed by atoms with Crippen LogP contribution in [0, 0.1) is 20.2 Å². The van der Waals surface area contributed by atoms with Crippen molar-refractivity contribution in [1.29, 1.82) is 0 Å². The predicted molar refractivity (Wildman–Crippen MR) is 64.8 cm³/mol. The first-order chi connectivity index (χ1) is 9.72. The molecule has 12 heteroatoms. The molecule has 1 heterocycles. The molecule has 0 amide bonds. The summed E-state index contributed by atoms with van der Waals surface area (Å²) in [5, 5.41) is 40.8. The van der Waals surface area contributed by atoms with Crippen LogP contribution in [0.1, 0.15) is 6.42 Å². The van der Waals surface area contributed by atoms with Gasteiger partial charge in [-0.05, 0) is 0 Å². The Morgan fingerprint density at radius 2 is 1.90 bits per heavy atom. The number of nitro groups is 2. The Morgan fingerprint density at radius 1 is 1.29 bits per heavy atom. The molecule has 0 saturated heterocycles. The molecule has 12 nitrogen and oxygen atoms in total. The summed E-state index contributed by atoms with van der Waals surface area (Å²) in [6.45, 7) is 0. The Hall–Kier alpha value is -3.31. The largest absolute Gasteiger partial charge is 0.481 e. The van der Waals surface area contributed by atoms with Crippen LogP contribution in [0.2, 0.25) is 0 Å². The number of aliphatic carboxylic acids is 2. The Balaban J connectivity index is 3.16. The highest BCUT2D eigenvalue weighted by Crippen LogP contribution is 2.27. The van der Waals surface area contributed by atoms with E-state index in [1.807, 2.05) is 0 Å². The van der Waals surface area contributed by atoms with E-state index >= 15 is 0 Å². The number of pyridine rings is 1. The molecule has 1 unspecified atom stereocenters. The van der Waals surface area contributed by atoms with Crippen molar-refractivity contribution in [1.82, 2.24) is 4.98 Å². The summed E-state index contributed by atoms with van der Waals surface area (Å²) < 4.78 is 0. The van der Waals surface area contributed by atoms with Crippen molar-refractivity contribution in [2.45, 2.75) is 12.5 Å². The summed E-state index contributed by atoms with van der Waals surface area (Å²) in [7, 11) is 0. The Labute approximate surface area is 115 Å². The topological polar surface area (TPSA) is 186 Å². The van der Waals surface area contributed by atoms with Gasteiger partial charge in [0.25, 0.3) is 5.69 Å². The fourth-order valence-corrected chi connectivity index (χ4v) is 1.33. The van der Waals surface area contributed by atoms with Crippen molar-refractivity contribution in [3.05, 3.63) is 32.5 Å². The molecule has 1 rings (SSSR count). The molecule has 0 aromatic carbocycles. The average Bonchev–Trinajstić information content (AvgIpc) is 2.37. The van der Waals surface area contributed by atoms with Gasteiger partial charge in [-0.3, -0.25) is 25.0 Å². The third-order valence-corrected chi connectivity index (χ3v) is 2.25. The lowest BCUT2D eigenvalue weighted by molar-refractivity contribution is -0.394. The molecule has 3 N–H and O–H groups in total. The number of carboxylic acid groups (broad SMARTS) is 2. The second-order valence-electron chi connectivity index (χ2n) is 3.71. The third kappa shape index (κ3) is 4.09. The number of nitrogens with one attached hydrogen (secondary N) is 1. The maximum atomic E-state index is 10.9.